The molecule has 0 saturated carbocycles. The molecule has 0 radical (unpaired) electrons. The maximum absolute atomic E-state index is 11.9. The van der Waals surface area contributed by atoms with Crippen LogP contribution in [0.3, 0.4) is 0 Å². The lowest BCUT2D eigenvalue weighted by atomic mass is 9.99. The Morgan fingerprint density at radius 3 is 2.05 bits per heavy atom. The molecule has 3 N–H and O–H groups in total. The number of rotatable bonds is 7. The predicted molar refractivity (Wildman–Crippen MR) is 84.5 cm³/mol. The van der Waals surface area contributed by atoms with Gasteiger partial charge in [0, 0.05) is 18.5 Å². The zero-order valence-corrected chi connectivity index (χ0v) is 13.1. The van der Waals surface area contributed by atoms with Gasteiger partial charge in [0.15, 0.2) is 0 Å². The summed E-state index contributed by atoms with van der Waals surface area (Å²) in [6.07, 6.45) is 1.75. The Labute approximate surface area is 122 Å². The first-order chi connectivity index (χ1) is 9.49. The molecule has 1 amide bonds. The summed E-state index contributed by atoms with van der Waals surface area (Å²) >= 11 is 0. The van der Waals surface area contributed by atoms with Gasteiger partial charge in [-0.1, -0.05) is 52.0 Å². The first-order valence-electron chi connectivity index (χ1n) is 7.62. The van der Waals surface area contributed by atoms with E-state index in [4.69, 9.17) is 5.73 Å². The molecule has 20 heavy (non-hydrogen) atoms. The highest BCUT2D eigenvalue weighted by molar-refractivity contribution is 5.78. The lowest BCUT2D eigenvalue weighted by Crippen LogP contribution is -2.35. The van der Waals surface area contributed by atoms with E-state index in [1.165, 1.54) is 5.56 Å². The molecule has 0 aliphatic heterocycles. The van der Waals surface area contributed by atoms with Crippen LogP contribution in [0.5, 0.6) is 0 Å². The van der Waals surface area contributed by atoms with Crippen molar-refractivity contribution in [2.45, 2.75) is 52.5 Å². The predicted octanol–water partition coefficient (Wildman–Crippen LogP) is 3.36. The number of benzene rings is 1. The summed E-state index contributed by atoms with van der Waals surface area (Å²) in [5.74, 6) is 0.740. The fraction of sp³-hybridized carbons (Fsp3) is 0.588. The summed E-state index contributed by atoms with van der Waals surface area (Å²) < 4.78 is 0. The largest absolute Gasteiger partial charge is 0.354 e. The van der Waals surface area contributed by atoms with Crippen molar-refractivity contribution in [2.75, 3.05) is 6.54 Å². The van der Waals surface area contributed by atoms with Gasteiger partial charge in [0.05, 0.1) is 0 Å². The molecule has 0 aliphatic carbocycles. The fourth-order valence-electron chi connectivity index (χ4n) is 2.26. The lowest BCUT2D eigenvalue weighted by Gasteiger charge is -2.17. The highest BCUT2D eigenvalue weighted by Gasteiger charge is 2.15. The summed E-state index contributed by atoms with van der Waals surface area (Å²) in [6.45, 7) is 8.92. The summed E-state index contributed by atoms with van der Waals surface area (Å²) in [6, 6.07) is 8.20. The topological polar surface area (TPSA) is 55.1 Å². The van der Waals surface area contributed by atoms with Gasteiger partial charge in [-0.3, -0.25) is 4.79 Å². The second-order valence-electron chi connectivity index (χ2n) is 5.69. The van der Waals surface area contributed by atoms with E-state index in [1.54, 1.807) is 0 Å². The second kappa shape index (κ2) is 8.05. The average molecular weight is 276 g/mol. The third kappa shape index (κ3) is 4.64. The van der Waals surface area contributed by atoms with Crippen LogP contribution in [-0.4, -0.2) is 12.5 Å². The van der Waals surface area contributed by atoms with E-state index in [2.05, 4.69) is 43.4 Å². The van der Waals surface area contributed by atoms with E-state index in [-0.39, 0.29) is 17.9 Å². The molecule has 0 bridgehead atoms. The van der Waals surface area contributed by atoms with Crippen LogP contribution in [0.25, 0.3) is 0 Å². The van der Waals surface area contributed by atoms with Gasteiger partial charge in [-0.2, -0.15) is 0 Å². The monoisotopic (exact) mass is 276 g/mol. The smallest absolute Gasteiger partial charge is 0.223 e. The molecule has 112 valence electrons. The number of hydrogen-bond donors (Lipinski definition) is 2. The highest BCUT2D eigenvalue weighted by Crippen LogP contribution is 2.17. The molecule has 1 aromatic rings. The number of hydrogen-bond acceptors (Lipinski definition) is 2. The van der Waals surface area contributed by atoms with Crippen molar-refractivity contribution in [1.29, 1.82) is 0 Å². The molecule has 1 atom stereocenters. The van der Waals surface area contributed by atoms with Gasteiger partial charge < -0.3 is 11.1 Å². The SMILES string of the molecule is CCC(CC)C(=O)NCC(N)c1ccc(C(C)C)cc1. The van der Waals surface area contributed by atoms with Gasteiger partial charge in [-0.05, 0) is 29.9 Å². The number of nitrogens with one attached hydrogen (secondary N) is 1. The van der Waals surface area contributed by atoms with Gasteiger partial charge in [0.1, 0.15) is 0 Å². The molecule has 0 aliphatic rings. The Balaban J connectivity index is 2.54. The minimum atomic E-state index is -0.144. The summed E-state index contributed by atoms with van der Waals surface area (Å²) in [4.78, 5) is 11.9. The van der Waals surface area contributed by atoms with Crippen molar-refractivity contribution in [2.24, 2.45) is 11.7 Å². The zero-order chi connectivity index (χ0) is 15.1. The normalized spacial score (nSPS) is 12.8. The van der Waals surface area contributed by atoms with E-state index in [1.807, 2.05) is 13.8 Å². The number of carbonyl (C=O) groups is 1. The molecule has 1 aromatic carbocycles. The average Bonchev–Trinajstić information content (AvgIpc) is 2.46. The molecule has 3 nitrogen and oxygen atoms in total. The van der Waals surface area contributed by atoms with Gasteiger partial charge >= 0.3 is 0 Å². The van der Waals surface area contributed by atoms with Crippen LogP contribution in [0.1, 0.15) is 63.6 Å². The van der Waals surface area contributed by atoms with E-state index >= 15 is 0 Å². The third-order valence-corrected chi connectivity index (χ3v) is 3.88. The Morgan fingerprint density at radius 2 is 1.60 bits per heavy atom. The van der Waals surface area contributed by atoms with Crippen LogP contribution in [0.4, 0.5) is 0 Å². The first-order valence-corrected chi connectivity index (χ1v) is 7.62. The molecule has 1 rings (SSSR count). The van der Waals surface area contributed by atoms with Crippen LogP contribution < -0.4 is 11.1 Å². The Bertz CT molecular complexity index is 408. The second-order valence-corrected chi connectivity index (χ2v) is 5.69. The van der Waals surface area contributed by atoms with Crippen LogP contribution in [0, 0.1) is 5.92 Å². The minimum absolute atomic E-state index is 0.102. The standard InChI is InChI=1S/C17H28N2O/c1-5-13(6-2)17(20)19-11-16(18)15-9-7-14(8-10-15)12(3)4/h7-10,12-13,16H,5-6,11,18H2,1-4H3,(H,19,20). The molecule has 0 spiro atoms. The van der Waals surface area contributed by atoms with E-state index in [0.29, 0.717) is 12.5 Å². The lowest BCUT2D eigenvalue weighted by molar-refractivity contribution is -0.125. The molecule has 1 unspecified atom stereocenters. The maximum atomic E-state index is 11.9. The molecule has 0 saturated heterocycles. The number of carbonyl (C=O) groups excluding carboxylic acids is 1. The van der Waals surface area contributed by atoms with Crippen molar-refractivity contribution >= 4 is 5.91 Å². The van der Waals surface area contributed by atoms with Gasteiger partial charge in [0.2, 0.25) is 5.91 Å². The van der Waals surface area contributed by atoms with Crippen molar-refractivity contribution in [3.63, 3.8) is 0 Å². The number of amides is 1. The van der Waals surface area contributed by atoms with Crippen molar-refractivity contribution in [1.82, 2.24) is 5.32 Å². The summed E-state index contributed by atoms with van der Waals surface area (Å²) in [5, 5.41) is 2.96. The highest BCUT2D eigenvalue weighted by atomic mass is 16.1. The van der Waals surface area contributed by atoms with Crippen LogP contribution in [0.15, 0.2) is 24.3 Å². The van der Waals surface area contributed by atoms with Gasteiger partial charge in [-0.25, -0.2) is 0 Å². The van der Waals surface area contributed by atoms with Crippen molar-refractivity contribution < 1.29 is 4.79 Å². The molecule has 0 heterocycles. The van der Waals surface area contributed by atoms with Crippen molar-refractivity contribution in [3.8, 4) is 0 Å². The maximum Gasteiger partial charge on any atom is 0.223 e. The molecule has 0 aromatic heterocycles. The van der Waals surface area contributed by atoms with E-state index < -0.39 is 0 Å². The van der Waals surface area contributed by atoms with Gasteiger partial charge in [-0.15, -0.1) is 0 Å². The van der Waals surface area contributed by atoms with E-state index in [9.17, 15) is 4.79 Å². The molecular formula is C17H28N2O. The summed E-state index contributed by atoms with van der Waals surface area (Å²) in [5.41, 5.74) is 8.51. The van der Waals surface area contributed by atoms with Crippen molar-refractivity contribution in [3.05, 3.63) is 35.4 Å². The third-order valence-electron chi connectivity index (χ3n) is 3.88. The van der Waals surface area contributed by atoms with E-state index in [0.717, 1.165) is 18.4 Å². The zero-order valence-electron chi connectivity index (χ0n) is 13.1. The summed E-state index contributed by atoms with van der Waals surface area (Å²) in [7, 11) is 0. The van der Waals surface area contributed by atoms with Crippen LogP contribution in [0.2, 0.25) is 0 Å². The van der Waals surface area contributed by atoms with Crippen LogP contribution >= 0.6 is 0 Å². The minimum Gasteiger partial charge on any atom is -0.354 e. The first kappa shape index (κ1) is 16.7. The fourth-order valence-corrected chi connectivity index (χ4v) is 2.26. The van der Waals surface area contributed by atoms with Gasteiger partial charge in [0.25, 0.3) is 0 Å². The molecule has 3 heteroatoms. The molecule has 0 fully saturated rings. The Hall–Kier alpha value is -1.35. The Kier molecular flexibility index (Phi) is 6.73. The Morgan fingerprint density at radius 1 is 1.10 bits per heavy atom. The molecular weight excluding hydrogens is 248 g/mol. The van der Waals surface area contributed by atoms with Crippen LogP contribution in [-0.2, 0) is 4.79 Å². The number of nitrogens with two attached hydrogens (primary N) is 1. The quantitative estimate of drug-likeness (QED) is 0.802.